The minimum atomic E-state index is -2.33. The minimum absolute atomic E-state index is 0.0791. The number of carbonyl (C=O) groups is 8. The van der Waals surface area contributed by atoms with Gasteiger partial charge in [-0.15, -0.1) is 0 Å². The van der Waals surface area contributed by atoms with Crippen LogP contribution in [0.4, 0.5) is 0 Å². The number of esters is 2. The SMILES string of the molecule is CCCCC(=O)OCC(=O)[C@]1(O)Cc2c(O)c3c(c(O)c2[C@@H](O[C@H]2C[C@@H](NCc4ccccc4)[C@H](O)[C@H](C)O2)C1)C(=O)c1c(CO)cccc1C3=O.C[C@@H]1O[C@@H](O[C@H]2C[C@](O)(C(=O)COC(=O)C(C)(C)C)Cc3c(O)c4c(c(O)c32)C(=O)c2c(CO)cccc2C4=O)C[C@@H](NCc2ccccc2)[C@@H]1O. The number of hydrogen-bond donors (Lipinski definition) is 12. The number of aliphatic hydroxyl groups is 6. The monoisotopic (exact) mass is 1430 g/mol. The summed E-state index contributed by atoms with van der Waals surface area (Å²) in [6.45, 7) is 8.11. The van der Waals surface area contributed by atoms with Crippen LogP contribution in [0, 0.1) is 5.41 Å². The second kappa shape index (κ2) is 31.0. The normalized spacial score (nSPS) is 25.4. The molecule has 2 saturated heterocycles. The Bertz CT molecular complexity index is 4340. The summed E-state index contributed by atoms with van der Waals surface area (Å²) in [6.07, 6.45) is -9.04. The zero-order valence-corrected chi connectivity index (χ0v) is 58.3. The Morgan fingerprint density at radius 1 is 0.538 bits per heavy atom. The molecule has 0 amide bonds. The summed E-state index contributed by atoms with van der Waals surface area (Å²) in [7, 11) is 0. The average molecular weight is 1440 g/mol. The minimum Gasteiger partial charge on any atom is -0.507 e. The van der Waals surface area contributed by atoms with Gasteiger partial charge in [-0.2, -0.15) is 0 Å². The number of ether oxygens (including phenoxy) is 6. The van der Waals surface area contributed by atoms with E-state index in [0.717, 1.165) is 17.5 Å². The molecule has 0 bridgehead atoms. The first-order valence-electron chi connectivity index (χ1n) is 34.7. The van der Waals surface area contributed by atoms with Crippen molar-refractivity contribution >= 4 is 46.6 Å². The number of phenolic OH excluding ortho intramolecular Hbond substituents is 4. The third-order valence-electron chi connectivity index (χ3n) is 20.3. The average Bonchev–Trinajstić information content (AvgIpc) is 0.716. The Kier molecular flexibility index (Phi) is 22.7. The molecule has 12 N–H and O–H groups in total. The van der Waals surface area contributed by atoms with Crippen molar-refractivity contribution in [2.24, 2.45) is 5.41 Å². The molecule has 0 saturated carbocycles. The molecule has 2 fully saturated rings. The van der Waals surface area contributed by atoms with Crippen LogP contribution >= 0.6 is 0 Å². The van der Waals surface area contributed by atoms with Crippen LogP contribution in [0.3, 0.4) is 0 Å². The van der Waals surface area contributed by atoms with E-state index in [9.17, 15) is 89.4 Å². The van der Waals surface area contributed by atoms with Crippen molar-refractivity contribution < 1.29 is 118 Å². The third-order valence-corrected chi connectivity index (χ3v) is 20.3. The van der Waals surface area contributed by atoms with Crippen molar-refractivity contribution in [3.8, 4) is 23.0 Å². The molecule has 2 aliphatic heterocycles. The highest BCUT2D eigenvalue weighted by Crippen LogP contribution is 2.55. The molecule has 0 aromatic heterocycles. The van der Waals surface area contributed by atoms with Crippen molar-refractivity contribution in [3.05, 3.63) is 186 Å². The summed E-state index contributed by atoms with van der Waals surface area (Å²) in [5, 5.41) is 120. The van der Waals surface area contributed by atoms with Crippen LogP contribution in [0.5, 0.6) is 23.0 Å². The van der Waals surface area contributed by atoms with Gasteiger partial charge in [0.25, 0.3) is 0 Å². The molecule has 6 aliphatic rings. The molecule has 0 unspecified atom stereocenters. The summed E-state index contributed by atoms with van der Waals surface area (Å²) in [5.41, 5.74) is -6.49. The van der Waals surface area contributed by atoms with Crippen molar-refractivity contribution in [1.82, 2.24) is 10.6 Å². The van der Waals surface area contributed by atoms with E-state index in [1.165, 1.54) is 36.4 Å². The fourth-order valence-electron chi connectivity index (χ4n) is 14.5. The lowest BCUT2D eigenvalue weighted by atomic mass is 9.71. The Morgan fingerprint density at radius 3 is 1.32 bits per heavy atom. The first-order valence-corrected chi connectivity index (χ1v) is 34.7. The first kappa shape index (κ1) is 76.1. The number of fused-ring (bicyclic) bond motifs is 6. The highest BCUT2D eigenvalue weighted by atomic mass is 16.7. The second-order valence-electron chi connectivity index (χ2n) is 28.4. The zero-order chi connectivity index (χ0) is 75.0. The van der Waals surface area contributed by atoms with E-state index in [-0.39, 0.29) is 74.9 Å². The van der Waals surface area contributed by atoms with Crippen molar-refractivity contribution in [2.75, 3.05) is 13.2 Å². The largest absolute Gasteiger partial charge is 0.507 e. The van der Waals surface area contributed by atoms with Gasteiger partial charge in [0.15, 0.2) is 48.9 Å². The molecule has 26 heteroatoms. The summed E-state index contributed by atoms with van der Waals surface area (Å²) in [4.78, 5) is 108. The lowest BCUT2D eigenvalue weighted by molar-refractivity contribution is -0.250. The topological polar surface area (TPSA) is 418 Å². The summed E-state index contributed by atoms with van der Waals surface area (Å²) in [6, 6.07) is 26.6. The molecule has 0 spiro atoms. The van der Waals surface area contributed by atoms with Gasteiger partial charge in [0, 0.05) is 115 Å². The van der Waals surface area contributed by atoms with Crippen molar-refractivity contribution in [3.63, 3.8) is 0 Å². The first-order chi connectivity index (χ1) is 49.4. The predicted molar refractivity (Wildman–Crippen MR) is 367 cm³/mol. The fourth-order valence-corrected chi connectivity index (χ4v) is 14.5. The van der Waals surface area contributed by atoms with E-state index in [1.807, 2.05) is 67.6 Å². The molecule has 6 aromatic rings. The van der Waals surface area contributed by atoms with Crippen LogP contribution in [0.1, 0.15) is 207 Å². The van der Waals surface area contributed by atoms with Crippen LogP contribution in [0.15, 0.2) is 97.1 Å². The zero-order valence-electron chi connectivity index (χ0n) is 58.3. The molecule has 12 rings (SSSR count). The standard InChI is InChI=1S/2C39H43NO12/c1-19-32(43)24(40-16-20-9-6-5-7-10-20)13-27(51-19)52-25-15-39(49,26(42)18-50-37(48)38(2,3)4)14-23-29(25)36(47)31-30(34(23)45)33(44)22-12-8-11-21(17-41)28(22)35(31)46;1-3-4-13-28(43)50-19-27(42)39(49)15-24-31(38(48)33-32(36(24)46)35(45)23-12-8-11-22(18-41)30(23)37(33)47)26(16-39)52-29-14-25(34(44)20(2)51-29)40-17-21-9-6-5-7-10-21/h5-12,19,24-25,27,32,40-41,43,45,47,49H,13-18H2,1-4H3;5-12,20,25-26,29,34,40-41,44,46,48-49H,3-4,13-19H2,1-2H3/t19-,24+,25-,27-,32+,39-;20-,25+,26-,29-,34+,39-/m00/s1. The van der Waals surface area contributed by atoms with E-state index in [1.54, 1.807) is 34.6 Å². The lowest BCUT2D eigenvalue weighted by Gasteiger charge is -2.43. The van der Waals surface area contributed by atoms with E-state index in [2.05, 4.69) is 10.6 Å². The summed E-state index contributed by atoms with van der Waals surface area (Å²) in [5.74, 6) is -9.21. The molecule has 552 valence electrons. The number of phenols is 4. The molecule has 104 heavy (non-hydrogen) atoms. The number of Topliss-reactive ketones (excluding diaryl/α,β-unsaturated/α-hetero) is 2. The summed E-state index contributed by atoms with van der Waals surface area (Å²) < 4.78 is 35.2. The van der Waals surface area contributed by atoms with Crippen LogP contribution in [-0.4, -0.2) is 171 Å². The number of aromatic hydroxyl groups is 4. The van der Waals surface area contributed by atoms with Gasteiger partial charge in [-0.05, 0) is 63.3 Å². The van der Waals surface area contributed by atoms with E-state index in [4.69, 9.17) is 28.4 Å². The molecule has 0 radical (unpaired) electrons. The number of unbranched alkanes of at least 4 members (excludes halogenated alkanes) is 1. The number of ketones is 6. The number of benzene rings is 6. The smallest absolute Gasteiger partial charge is 0.311 e. The third kappa shape index (κ3) is 15.0. The fraction of sp³-hybridized carbons (Fsp3) is 0.436. The van der Waals surface area contributed by atoms with Gasteiger partial charge < -0.3 is 90.1 Å². The number of hydrogen-bond acceptors (Lipinski definition) is 26. The van der Waals surface area contributed by atoms with Crippen LogP contribution in [0.2, 0.25) is 0 Å². The van der Waals surface area contributed by atoms with E-state index >= 15 is 0 Å². The van der Waals surface area contributed by atoms with Gasteiger partial charge in [-0.25, -0.2) is 0 Å². The van der Waals surface area contributed by atoms with Crippen LogP contribution in [-0.2, 0) is 86.7 Å². The van der Waals surface area contributed by atoms with Crippen LogP contribution in [0.25, 0.3) is 0 Å². The van der Waals surface area contributed by atoms with Crippen LogP contribution < -0.4 is 10.6 Å². The molecular weight excluding hydrogens is 1350 g/mol. The maximum Gasteiger partial charge on any atom is 0.311 e. The number of rotatable bonds is 21. The van der Waals surface area contributed by atoms with Gasteiger partial charge in [0.1, 0.15) is 34.2 Å². The Hall–Kier alpha value is -9.00. The van der Waals surface area contributed by atoms with Gasteiger partial charge in [0.05, 0.1) is 77.5 Å². The highest BCUT2D eigenvalue weighted by molar-refractivity contribution is 6.32. The predicted octanol–water partition coefficient (Wildman–Crippen LogP) is 5.97. The quantitative estimate of drug-likeness (QED) is 0.0291. The van der Waals surface area contributed by atoms with Gasteiger partial charge >= 0.3 is 11.9 Å². The number of aliphatic hydroxyl groups excluding tert-OH is 4. The molecule has 6 aromatic carbocycles. The molecule has 2 heterocycles. The number of carbonyl (C=O) groups excluding carboxylic acids is 8. The maximum absolute atomic E-state index is 14.0. The van der Waals surface area contributed by atoms with Gasteiger partial charge in [-0.1, -0.05) is 110 Å². The van der Waals surface area contributed by atoms with Gasteiger partial charge in [0.2, 0.25) is 11.6 Å². The lowest BCUT2D eigenvalue weighted by Crippen LogP contribution is -2.54. The molecule has 12 atom stereocenters. The molecular formula is C78H86N2O24. The molecule has 4 aliphatic carbocycles. The van der Waals surface area contributed by atoms with Crippen molar-refractivity contribution in [2.45, 2.75) is 198 Å². The Balaban J connectivity index is 0.000000208. The molecule has 26 nitrogen and oxygen atoms in total. The summed E-state index contributed by atoms with van der Waals surface area (Å²) >= 11 is 0. The van der Waals surface area contributed by atoms with E-state index < -0.39 is 222 Å². The Labute approximate surface area is 598 Å². The van der Waals surface area contributed by atoms with E-state index in [0.29, 0.717) is 19.5 Å². The highest BCUT2D eigenvalue weighted by Gasteiger charge is 2.53. The maximum atomic E-state index is 14.0. The van der Waals surface area contributed by atoms with Crippen molar-refractivity contribution in [1.29, 1.82) is 0 Å². The Morgan fingerprint density at radius 2 is 0.933 bits per heavy atom. The number of nitrogens with one attached hydrogen (secondary N) is 2. The van der Waals surface area contributed by atoms with Gasteiger partial charge in [-0.3, -0.25) is 38.4 Å². The second-order valence-corrected chi connectivity index (χ2v) is 28.4.